The highest BCUT2D eigenvalue weighted by atomic mass is 16.7. The van der Waals surface area contributed by atoms with Gasteiger partial charge in [-0.15, -0.1) is 0 Å². The Morgan fingerprint density at radius 2 is 2.08 bits per heavy atom. The van der Waals surface area contributed by atoms with Crippen LogP contribution in [-0.2, 0) is 0 Å². The van der Waals surface area contributed by atoms with E-state index in [1.807, 2.05) is 0 Å². The lowest BCUT2D eigenvalue weighted by Gasteiger charge is -1.91. The Morgan fingerprint density at radius 1 is 1.33 bits per heavy atom. The molecule has 1 aromatic rings. The molecule has 0 saturated heterocycles. The highest BCUT2D eigenvalue weighted by molar-refractivity contribution is 5.99. The van der Waals surface area contributed by atoms with E-state index in [1.54, 1.807) is 18.2 Å². The molecule has 12 heavy (non-hydrogen) atoms. The predicted octanol–water partition coefficient (Wildman–Crippen LogP) is 1.43. The zero-order valence-corrected chi connectivity index (χ0v) is 6.37. The average Bonchev–Trinajstić information content (AvgIpc) is 2.49. The second kappa shape index (κ2) is 2.44. The quantitative estimate of drug-likeness (QED) is 0.464. The Balaban J connectivity index is 2.45. The fourth-order valence-corrected chi connectivity index (χ4v) is 1.07. The molecule has 0 atom stereocenters. The zero-order chi connectivity index (χ0) is 8.55. The van der Waals surface area contributed by atoms with E-state index < -0.39 is 0 Å². The van der Waals surface area contributed by atoms with Crippen molar-refractivity contribution in [3.63, 3.8) is 0 Å². The molecule has 0 radical (unpaired) electrons. The molecule has 0 aromatic heterocycles. The maximum absolute atomic E-state index is 10.8. The summed E-state index contributed by atoms with van der Waals surface area (Å²) in [6.07, 6.45) is 0. The minimum Gasteiger partial charge on any atom is -0.453 e. The average molecular weight is 163 g/mol. The number of carbonyl (C=O) groups excluding carboxylic acids is 1. The van der Waals surface area contributed by atoms with E-state index >= 15 is 0 Å². The lowest BCUT2D eigenvalue weighted by molar-refractivity contribution is 0.104. The zero-order valence-electron chi connectivity index (χ0n) is 6.37. The molecule has 0 saturated carbocycles. The summed E-state index contributed by atoms with van der Waals surface area (Å²) in [4.78, 5) is 10.8. The van der Waals surface area contributed by atoms with Gasteiger partial charge in [0.1, 0.15) is 0 Å². The van der Waals surface area contributed by atoms with Crippen LogP contribution in [0.4, 0.5) is 0 Å². The van der Waals surface area contributed by atoms with Crippen molar-refractivity contribution in [2.45, 2.75) is 0 Å². The SMILES string of the molecule is [CH2+]C(=O)c1ccc2c(c1)OCO2. The summed E-state index contributed by atoms with van der Waals surface area (Å²) >= 11 is 0. The van der Waals surface area contributed by atoms with Gasteiger partial charge >= 0.3 is 5.78 Å². The molecule has 3 heteroatoms. The minimum atomic E-state index is -0.215. The molecular formula is C9H7O3+. The topological polar surface area (TPSA) is 35.5 Å². The van der Waals surface area contributed by atoms with Crippen LogP contribution in [0.1, 0.15) is 10.4 Å². The lowest BCUT2D eigenvalue weighted by atomic mass is 10.1. The van der Waals surface area contributed by atoms with Crippen LogP contribution in [0.15, 0.2) is 18.2 Å². The first kappa shape index (κ1) is 7.03. The monoisotopic (exact) mass is 163 g/mol. The van der Waals surface area contributed by atoms with Crippen molar-refractivity contribution in [3.05, 3.63) is 30.7 Å². The number of fused-ring (bicyclic) bond motifs is 1. The maximum atomic E-state index is 10.8. The number of Topliss-reactive ketones (excluding diaryl/α,β-unsaturated/α-hetero) is 1. The van der Waals surface area contributed by atoms with E-state index in [1.165, 1.54) is 0 Å². The molecule has 1 aliphatic heterocycles. The highest BCUT2D eigenvalue weighted by Gasteiger charge is 2.18. The van der Waals surface area contributed by atoms with Gasteiger partial charge in [0.2, 0.25) is 6.79 Å². The largest absolute Gasteiger partial charge is 0.453 e. The van der Waals surface area contributed by atoms with E-state index in [4.69, 9.17) is 9.47 Å². The van der Waals surface area contributed by atoms with Gasteiger partial charge < -0.3 is 9.47 Å². The fourth-order valence-electron chi connectivity index (χ4n) is 1.07. The van der Waals surface area contributed by atoms with Gasteiger partial charge in [-0.2, -0.15) is 0 Å². The van der Waals surface area contributed by atoms with Crippen molar-refractivity contribution in [2.75, 3.05) is 6.79 Å². The Kier molecular flexibility index (Phi) is 1.43. The van der Waals surface area contributed by atoms with Crippen LogP contribution >= 0.6 is 0 Å². The van der Waals surface area contributed by atoms with Crippen molar-refractivity contribution in [3.8, 4) is 11.5 Å². The molecule has 0 fully saturated rings. The first-order chi connectivity index (χ1) is 5.77. The number of ketones is 1. The molecule has 60 valence electrons. The Labute approximate surface area is 69.9 Å². The first-order valence-corrected chi connectivity index (χ1v) is 3.53. The van der Waals surface area contributed by atoms with Gasteiger partial charge in [0, 0.05) is 12.1 Å². The van der Waals surface area contributed by atoms with Crippen LogP contribution in [0.25, 0.3) is 0 Å². The normalized spacial score (nSPS) is 13.0. The molecule has 1 aliphatic rings. The number of rotatable bonds is 1. The standard InChI is InChI=1S/C9H7O3/c1-6(10)7-2-3-8-9(4-7)12-5-11-8/h2-4H,1,5H2/q+1. The van der Waals surface area contributed by atoms with E-state index in [9.17, 15) is 4.79 Å². The third-order valence-electron chi connectivity index (χ3n) is 1.69. The van der Waals surface area contributed by atoms with Crippen LogP contribution in [0.5, 0.6) is 11.5 Å². The molecule has 0 spiro atoms. The summed E-state index contributed by atoms with van der Waals surface area (Å²) in [5.41, 5.74) is 0.541. The van der Waals surface area contributed by atoms with Crippen molar-refractivity contribution < 1.29 is 14.3 Å². The summed E-state index contributed by atoms with van der Waals surface area (Å²) < 4.78 is 10.2. The van der Waals surface area contributed by atoms with E-state index in [0.29, 0.717) is 17.1 Å². The number of carbonyl (C=O) groups is 1. The van der Waals surface area contributed by atoms with E-state index in [2.05, 4.69) is 6.92 Å². The summed E-state index contributed by atoms with van der Waals surface area (Å²) in [6, 6.07) is 5.02. The smallest absolute Gasteiger partial charge is 0.333 e. The van der Waals surface area contributed by atoms with Gasteiger partial charge in [-0.25, -0.2) is 4.79 Å². The van der Waals surface area contributed by atoms with Gasteiger partial charge in [0.15, 0.2) is 17.1 Å². The molecule has 0 amide bonds. The lowest BCUT2D eigenvalue weighted by Crippen LogP contribution is -1.93. The van der Waals surface area contributed by atoms with Crippen LogP contribution in [-0.4, -0.2) is 12.6 Å². The summed E-state index contributed by atoms with van der Waals surface area (Å²) in [7, 11) is 0. The molecule has 0 N–H and O–H groups in total. The van der Waals surface area contributed by atoms with E-state index in [-0.39, 0.29) is 12.6 Å². The minimum absolute atomic E-state index is 0.215. The van der Waals surface area contributed by atoms with Crippen molar-refractivity contribution in [1.29, 1.82) is 0 Å². The van der Waals surface area contributed by atoms with Crippen LogP contribution < -0.4 is 9.47 Å². The van der Waals surface area contributed by atoms with Gasteiger partial charge in [0.25, 0.3) is 0 Å². The molecule has 2 rings (SSSR count). The molecule has 0 unspecified atom stereocenters. The third kappa shape index (κ3) is 0.993. The number of ether oxygens (including phenoxy) is 2. The van der Waals surface area contributed by atoms with Crippen molar-refractivity contribution in [1.82, 2.24) is 0 Å². The number of benzene rings is 1. The summed E-state index contributed by atoms with van der Waals surface area (Å²) in [6.45, 7) is 3.53. The Bertz CT molecular complexity index is 331. The molecule has 0 aliphatic carbocycles. The molecule has 1 aromatic carbocycles. The second-order valence-electron chi connectivity index (χ2n) is 2.49. The molecule has 3 nitrogen and oxygen atoms in total. The number of hydrogen-bond donors (Lipinski definition) is 0. The predicted molar refractivity (Wildman–Crippen MR) is 42.3 cm³/mol. The highest BCUT2D eigenvalue weighted by Crippen LogP contribution is 2.32. The van der Waals surface area contributed by atoms with Gasteiger partial charge in [-0.1, -0.05) is 0 Å². The van der Waals surface area contributed by atoms with Gasteiger partial charge in [-0.3, -0.25) is 0 Å². The first-order valence-electron chi connectivity index (χ1n) is 3.53. The maximum Gasteiger partial charge on any atom is 0.333 e. The number of hydrogen-bond acceptors (Lipinski definition) is 3. The summed E-state index contributed by atoms with van der Waals surface area (Å²) in [5, 5.41) is 0. The van der Waals surface area contributed by atoms with Gasteiger partial charge in [-0.05, 0) is 0 Å². The second-order valence-corrected chi connectivity index (χ2v) is 2.49. The van der Waals surface area contributed by atoms with Crippen LogP contribution in [0, 0.1) is 6.92 Å². The van der Waals surface area contributed by atoms with Crippen LogP contribution in [0.3, 0.4) is 0 Å². The van der Waals surface area contributed by atoms with Crippen molar-refractivity contribution in [2.24, 2.45) is 0 Å². The molecule has 0 bridgehead atoms. The third-order valence-corrected chi connectivity index (χ3v) is 1.69. The van der Waals surface area contributed by atoms with E-state index in [0.717, 1.165) is 0 Å². The van der Waals surface area contributed by atoms with Crippen molar-refractivity contribution >= 4 is 5.78 Å². The summed E-state index contributed by atoms with van der Waals surface area (Å²) in [5.74, 6) is 1.08. The fraction of sp³-hybridized carbons (Fsp3) is 0.111. The van der Waals surface area contributed by atoms with Gasteiger partial charge in [0.05, 0.1) is 13.0 Å². The molecular weight excluding hydrogens is 156 g/mol. The van der Waals surface area contributed by atoms with Crippen LogP contribution in [0.2, 0.25) is 0 Å². The molecule has 1 heterocycles. The Hall–Kier alpha value is -1.64. The Morgan fingerprint density at radius 3 is 2.83 bits per heavy atom.